The molecule has 1 unspecified atom stereocenters. The molecule has 1 aliphatic rings. The number of halogens is 1. The van der Waals surface area contributed by atoms with Crippen LogP contribution in [0.1, 0.15) is 36.9 Å². The molecule has 0 heterocycles. The molecule has 2 rings (SSSR count). The fraction of sp³-hybridized carbons (Fsp3) is 0.429. The van der Waals surface area contributed by atoms with E-state index in [0.29, 0.717) is 6.61 Å². The first kappa shape index (κ1) is 12.5. The van der Waals surface area contributed by atoms with Crippen molar-refractivity contribution >= 4 is 11.6 Å². The Bertz CT molecular complexity index is 428. The van der Waals surface area contributed by atoms with Crippen molar-refractivity contribution in [3.05, 3.63) is 40.4 Å². The maximum absolute atomic E-state index is 6.07. The summed E-state index contributed by atoms with van der Waals surface area (Å²) in [5.74, 6) is 0.899. The maximum Gasteiger partial charge on any atom is 0.120 e. The Balaban J connectivity index is 2.11. The molecule has 1 aromatic rings. The van der Waals surface area contributed by atoms with Crippen LogP contribution in [0.15, 0.2) is 29.3 Å². The van der Waals surface area contributed by atoms with Gasteiger partial charge in [-0.1, -0.05) is 17.7 Å². The van der Waals surface area contributed by atoms with Crippen molar-refractivity contribution in [2.24, 2.45) is 5.73 Å². The lowest BCUT2D eigenvalue weighted by Crippen LogP contribution is -2.17. The highest BCUT2D eigenvalue weighted by Crippen LogP contribution is 2.30. The van der Waals surface area contributed by atoms with Crippen molar-refractivity contribution in [3.8, 4) is 5.75 Å². The second kappa shape index (κ2) is 5.56. The van der Waals surface area contributed by atoms with Gasteiger partial charge in [0.25, 0.3) is 0 Å². The summed E-state index contributed by atoms with van der Waals surface area (Å²) in [4.78, 5) is 0. The van der Waals surface area contributed by atoms with E-state index in [1.165, 1.54) is 11.1 Å². The molecule has 0 radical (unpaired) electrons. The van der Waals surface area contributed by atoms with Crippen LogP contribution in [-0.2, 0) is 6.42 Å². The number of hydrogen-bond acceptors (Lipinski definition) is 2. The zero-order valence-electron chi connectivity index (χ0n) is 10.1. The first-order valence-electron chi connectivity index (χ1n) is 5.98. The van der Waals surface area contributed by atoms with Crippen molar-refractivity contribution < 1.29 is 4.74 Å². The molecule has 1 aromatic carbocycles. The number of nitrogens with two attached hydrogens (primary N) is 1. The van der Waals surface area contributed by atoms with Gasteiger partial charge < -0.3 is 10.5 Å². The molecule has 17 heavy (non-hydrogen) atoms. The minimum atomic E-state index is 0.192. The Hall–Kier alpha value is -0.990. The maximum atomic E-state index is 6.07. The van der Waals surface area contributed by atoms with Gasteiger partial charge in [0.05, 0.1) is 0 Å². The van der Waals surface area contributed by atoms with E-state index in [0.717, 1.165) is 30.6 Å². The molecule has 0 spiro atoms. The molecule has 0 saturated carbocycles. The molecule has 3 heteroatoms. The molecule has 0 aromatic heterocycles. The summed E-state index contributed by atoms with van der Waals surface area (Å²) in [5.41, 5.74) is 11.2. The van der Waals surface area contributed by atoms with Gasteiger partial charge in [0.15, 0.2) is 0 Å². The molecule has 0 amide bonds. The summed E-state index contributed by atoms with van der Waals surface area (Å²) in [7, 11) is 0. The molecule has 0 saturated heterocycles. The second-order valence-electron chi connectivity index (χ2n) is 4.60. The SMILES string of the molecule is C/C(=C/Cl)COc1ccc2c(c1)CCCC2N. The molecular formula is C14H18ClNO. The van der Waals surface area contributed by atoms with Crippen molar-refractivity contribution in [1.29, 1.82) is 0 Å². The van der Waals surface area contributed by atoms with Crippen LogP contribution in [-0.4, -0.2) is 6.61 Å². The first-order chi connectivity index (χ1) is 8.20. The van der Waals surface area contributed by atoms with Gasteiger partial charge in [-0.15, -0.1) is 0 Å². The van der Waals surface area contributed by atoms with E-state index in [4.69, 9.17) is 22.1 Å². The number of rotatable bonds is 3. The summed E-state index contributed by atoms with van der Waals surface area (Å²) >= 11 is 5.59. The van der Waals surface area contributed by atoms with E-state index in [-0.39, 0.29) is 6.04 Å². The minimum Gasteiger partial charge on any atom is -0.489 e. The Labute approximate surface area is 107 Å². The summed E-state index contributed by atoms with van der Waals surface area (Å²) in [6, 6.07) is 6.38. The highest BCUT2D eigenvalue weighted by atomic mass is 35.5. The van der Waals surface area contributed by atoms with Crippen LogP contribution in [0, 0.1) is 0 Å². The number of aryl methyl sites for hydroxylation is 1. The molecule has 92 valence electrons. The Morgan fingerprint density at radius 1 is 1.59 bits per heavy atom. The highest BCUT2D eigenvalue weighted by molar-refractivity contribution is 6.25. The molecule has 0 fully saturated rings. The average Bonchev–Trinajstić information content (AvgIpc) is 2.36. The number of fused-ring (bicyclic) bond motifs is 1. The lowest BCUT2D eigenvalue weighted by molar-refractivity contribution is 0.351. The Morgan fingerprint density at radius 3 is 3.18 bits per heavy atom. The monoisotopic (exact) mass is 251 g/mol. The minimum absolute atomic E-state index is 0.192. The first-order valence-corrected chi connectivity index (χ1v) is 6.41. The standard InChI is InChI=1S/C14H18ClNO/c1-10(8-15)9-17-12-5-6-13-11(7-12)3-2-4-14(13)16/h5-8,14H,2-4,9,16H2,1H3/b10-8-. The summed E-state index contributed by atoms with van der Waals surface area (Å²) in [6.45, 7) is 2.48. The van der Waals surface area contributed by atoms with Gasteiger partial charge in [-0.3, -0.25) is 0 Å². The smallest absolute Gasteiger partial charge is 0.120 e. The van der Waals surface area contributed by atoms with Gasteiger partial charge in [0.2, 0.25) is 0 Å². The predicted molar refractivity (Wildman–Crippen MR) is 71.4 cm³/mol. The van der Waals surface area contributed by atoms with Crippen LogP contribution in [0.3, 0.4) is 0 Å². The largest absolute Gasteiger partial charge is 0.489 e. The molecule has 2 nitrogen and oxygen atoms in total. The van der Waals surface area contributed by atoms with Gasteiger partial charge in [-0.25, -0.2) is 0 Å². The van der Waals surface area contributed by atoms with E-state index in [1.54, 1.807) is 5.54 Å². The second-order valence-corrected chi connectivity index (χ2v) is 4.82. The normalized spacial score (nSPS) is 19.9. The summed E-state index contributed by atoms with van der Waals surface area (Å²) in [6.07, 6.45) is 3.35. The van der Waals surface area contributed by atoms with Crippen molar-refractivity contribution in [3.63, 3.8) is 0 Å². The topological polar surface area (TPSA) is 35.2 Å². The molecule has 2 N–H and O–H groups in total. The van der Waals surface area contributed by atoms with Crippen LogP contribution >= 0.6 is 11.6 Å². The lowest BCUT2D eigenvalue weighted by atomic mass is 9.88. The summed E-state index contributed by atoms with van der Waals surface area (Å²) in [5, 5.41) is 0. The third kappa shape index (κ3) is 3.02. The van der Waals surface area contributed by atoms with Gasteiger partial charge in [0, 0.05) is 11.6 Å². The Morgan fingerprint density at radius 2 is 2.41 bits per heavy atom. The molecule has 1 aliphatic carbocycles. The number of ether oxygens (including phenoxy) is 1. The average molecular weight is 252 g/mol. The van der Waals surface area contributed by atoms with Crippen LogP contribution < -0.4 is 10.5 Å². The van der Waals surface area contributed by atoms with Gasteiger partial charge >= 0.3 is 0 Å². The Kier molecular flexibility index (Phi) is 4.08. The third-order valence-corrected chi connectivity index (χ3v) is 3.50. The van der Waals surface area contributed by atoms with E-state index in [9.17, 15) is 0 Å². The molecule has 1 atom stereocenters. The fourth-order valence-corrected chi connectivity index (χ4v) is 2.21. The predicted octanol–water partition coefficient (Wildman–Crippen LogP) is 3.54. The van der Waals surface area contributed by atoms with E-state index in [2.05, 4.69) is 12.1 Å². The van der Waals surface area contributed by atoms with Crippen molar-refractivity contribution in [2.75, 3.05) is 6.61 Å². The van der Waals surface area contributed by atoms with E-state index < -0.39 is 0 Å². The molecular weight excluding hydrogens is 234 g/mol. The van der Waals surface area contributed by atoms with Crippen LogP contribution in [0.25, 0.3) is 0 Å². The fourth-order valence-electron chi connectivity index (χ4n) is 2.15. The zero-order valence-corrected chi connectivity index (χ0v) is 10.8. The number of hydrogen-bond donors (Lipinski definition) is 1. The number of benzene rings is 1. The molecule has 0 bridgehead atoms. The zero-order chi connectivity index (χ0) is 12.3. The third-order valence-electron chi connectivity index (χ3n) is 3.13. The quantitative estimate of drug-likeness (QED) is 0.892. The summed E-state index contributed by atoms with van der Waals surface area (Å²) < 4.78 is 5.67. The van der Waals surface area contributed by atoms with Gasteiger partial charge in [-0.05, 0) is 55.0 Å². The van der Waals surface area contributed by atoms with Crippen LogP contribution in [0.2, 0.25) is 0 Å². The van der Waals surface area contributed by atoms with E-state index >= 15 is 0 Å². The van der Waals surface area contributed by atoms with Crippen molar-refractivity contribution in [2.45, 2.75) is 32.2 Å². The van der Waals surface area contributed by atoms with E-state index in [1.807, 2.05) is 13.0 Å². The van der Waals surface area contributed by atoms with Crippen molar-refractivity contribution in [1.82, 2.24) is 0 Å². The highest BCUT2D eigenvalue weighted by Gasteiger charge is 2.16. The van der Waals surface area contributed by atoms with Crippen LogP contribution in [0.4, 0.5) is 0 Å². The lowest BCUT2D eigenvalue weighted by Gasteiger charge is -2.22. The van der Waals surface area contributed by atoms with Gasteiger partial charge in [-0.2, -0.15) is 0 Å². The van der Waals surface area contributed by atoms with Crippen LogP contribution in [0.5, 0.6) is 5.75 Å². The van der Waals surface area contributed by atoms with Gasteiger partial charge in [0.1, 0.15) is 12.4 Å². The molecule has 0 aliphatic heterocycles.